The molecule has 0 aliphatic carbocycles. The molecule has 0 bridgehead atoms. The van der Waals surface area contributed by atoms with Gasteiger partial charge < -0.3 is 9.64 Å². The van der Waals surface area contributed by atoms with Crippen molar-refractivity contribution in [2.75, 3.05) is 30.8 Å². The molecule has 1 atom stereocenters. The molecule has 2 rings (SSSR count). The Hall–Kier alpha value is -1.27. The fraction of sp³-hybridized carbons (Fsp3) is 0.538. The third-order valence-corrected chi connectivity index (χ3v) is 3.85. The minimum absolute atomic E-state index is 0.160. The number of benzene rings is 1. The van der Waals surface area contributed by atoms with Crippen LogP contribution in [0.1, 0.15) is 13.3 Å². The maximum atomic E-state index is 11.1. The van der Waals surface area contributed by atoms with Gasteiger partial charge in [-0.1, -0.05) is 19.1 Å². The first-order chi connectivity index (χ1) is 8.99. The molecule has 0 spiro atoms. The lowest BCUT2D eigenvalue weighted by Crippen LogP contribution is -2.43. The van der Waals surface area contributed by atoms with Gasteiger partial charge in [0.15, 0.2) is 0 Å². The van der Waals surface area contributed by atoms with Crippen molar-refractivity contribution in [2.45, 2.75) is 19.4 Å². The Morgan fingerprint density at radius 3 is 2.84 bits per heavy atom. The summed E-state index contributed by atoms with van der Waals surface area (Å²) in [5.41, 5.74) is 1.03. The molecule has 19 heavy (non-hydrogen) atoms. The first-order valence-electron chi connectivity index (χ1n) is 6.45. The molecule has 0 saturated heterocycles. The van der Waals surface area contributed by atoms with Crippen LogP contribution in [0, 0.1) is 0 Å². The SMILES string of the molecule is CCC1CN(CCNS(C)(=O)=O)c2ccccc2O1. The van der Waals surface area contributed by atoms with Gasteiger partial charge in [0.05, 0.1) is 18.5 Å². The van der Waals surface area contributed by atoms with E-state index in [-0.39, 0.29) is 6.10 Å². The molecule has 0 aromatic heterocycles. The molecule has 0 fully saturated rings. The summed E-state index contributed by atoms with van der Waals surface area (Å²) < 4.78 is 30.6. The maximum absolute atomic E-state index is 11.1. The van der Waals surface area contributed by atoms with E-state index in [4.69, 9.17) is 4.74 Å². The number of rotatable bonds is 5. The third kappa shape index (κ3) is 3.84. The fourth-order valence-electron chi connectivity index (χ4n) is 2.17. The van der Waals surface area contributed by atoms with Crippen molar-refractivity contribution in [3.8, 4) is 5.75 Å². The normalized spacial score (nSPS) is 18.8. The third-order valence-electron chi connectivity index (χ3n) is 3.12. The molecule has 1 N–H and O–H groups in total. The van der Waals surface area contributed by atoms with E-state index in [9.17, 15) is 8.42 Å². The van der Waals surface area contributed by atoms with Crippen LogP contribution < -0.4 is 14.4 Å². The zero-order chi connectivity index (χ0) is 13.9. The molecule has 1 aromatic rings. The zero-order valence-corrected chi connectivity index (χ0v) is 12.1. The molecule has 1 aliphatic rings. The van der Waals surface area contributed by atoms with Gasteiger partial charge in [0, 0.05) is 13.1 Å². The van der Waals surface area contributed by atoms with Crippen LogP contribution in [0.25, 0.3) is 0 Å². The molecular formula is C13H20N2O3S. The first-order valence-corrected chi connectivity index (χ1v) is 8.34. The molecule has 6 heteroatoms. The van der Waals surface area contributed by atoms with Gasteiger partial charge in [-0.05, 0) is 18.6 Å². The molecule has 1 heterocycles. The fourth-order valence-corrected chi connectivity index (χ4v) is 2.63. The van der Waals surface area contributed by atoms with Gasteiger partial charge in [-0.25, -0.2) is 13.1 Å². The monoisotopic (exact) mass is 284 g/mol. The van der Waals surface area contributed by atoms with Crippen LogP contribution >= 0.6 is 0 Å². The molecule has 1 aliphatic heterocycles. The maximum Gasteiger partial charge on any atom is 0.208 e. The van der Waals surface area contributed by atoms with Crippen molar-refractivity contribution in [1.82, 2.24) is 4.72 Å². The average molecular weight is 284 g/mol. The van der Waals surface area contributed by atoms with Gasteiger partial charge in [-0.3, -0.25) is 0 Å². The summed E-state index contributed by atoms with van der Waals surface area (Å²) in [6.45, 7) is 3.93. The highest BCUT2D eigenvalue weighted by Gasteiger charge is 2.23. The predicted octanol–water partition coefficient (Wildman–Crippen LogP) is 1.21. The lowest BCUT2D eigenvalue weighted by Gasteiger charge is -2.36. The lowest BCUT2D eigenvalue weighted by atomic mass is 10.1. The van der Waals surface area contributed by atoms with Gasteiger partial charge in [-0.2, -0.15) is 0 Å². The highest BCUT2D eigenvalue weighted by Crippen LogP contribution is 2.33. The van der Waals surface area contributed by atoms with Crippen molar-refractivity contribution in [1.29, 1.82) is 0 Å². The summed E-state index contributed by atoms with van der Waals surface area (Å²) in [6, 6.07) is 7.87. The number of para-hydroxylation sites is 2. The number of fused-ring (bicyclic) bond motifs is 1. The Morgan fingerprint density at radius 1 is 1.42 bits per heavy atom. The van der Waals surface area contributed by atoms with Crippen LogP contribution in [0.3, 0.4) is 0 Å². The van der Waals surface area contributed by atoms with Crippen molar-refractivity contribution >= 4 is 15.7 Å². The Balaban J connectivity index is 2.07. The summed E-state index contributed by atoms with van der Waals surface area (Å²) in [6.07, 6.45) is 2.27. The van der Waals surface area contributed by atoms with Crippen molar-refractivity contribution in [2.24, 2.45) is 0 Å². The minimum Gasteiger partial charge on any atom is -0.486 e. The molecule has 0 saturated carbocycles. The number of hydrogen-bond donors (Lipinski definition) is 1. The van der Waals surface area contributed by atoms with Crippen molar-refractivity contribution in [3.05, 3.63) is 24.3 Å². The van der Waals surface area contributed by atoms with E-state index in [0.29, 0.717) is 13.1 Å². The van der Waals surface area contributed by atoms with E-state index < -0.39 is 10.0 Å². The Morgan fingerprint density at radius 2 is 2.16 bits per heavy atom. The topological polar surface area (TPSA) is 58.6 Å². The van der Waals surface area contributed by atoms with Gasteiger partial charge in [-0.15, -0.1) is 0 Å². The van der Waals surface area contributed by atoms with Crippen molar-refractivity contribution < 1.29 is 13.2 Å². The van der Waals surface area contributed by atoms with E-state index in [0.717, 1.165) is 24.4 Å². The van der Waals surface area contributed by atoms with Crippen LogP contribution in [0.15, 0.2) is 24.3 Å². The largest absolute Gasteiger partial charge is 0.486 e. The molecule has 0 amide bonds. The number of nitrogens with one attached hydrogen (secondary N) is 1. The summed E-state index contributed by atoms with van der Waals surface area (Å²) >= 11 is 0. The van der Waals surface area contributed by atoms with Gasteiger partial charge in [0.1, 0.15) is 11.9 Å². The zero-order valence-electron chi connectivity index (χ0n) is 11.3. The summed E-state index contributed by atoms with van der Waals surface area (Å²) in [5, 5.41) is 0. The highest BCUT2D eigenvalue weighted by molar-refractivity contribution is 7.88. The molecule has 1 aromatic carbocycles. The smallest absolute Gasteiger partial charge is 0.208 e. The molecule has 5 nitrogen and oxygen atoms in total. The number of sulfonamides is 1. The number of anilines is 1. The van der Waals surface area contributed by atoms with Gasteiger partial charge in [0.2, 0.25) is 10.0 Å². The molecule has 106 valence electrons. The van der Waals surface area contributed by atoms with E-state index in [2.05, 4.69) is 16.5 Å². The van der Waals surface area contributed by atoms with Crippen LogP contribution in [0.5, 0.6) is 5.75 Å². The Bertz CT molecular complexity index is 530. The van der Waals surface area contributed by atoms with Crippen molar-refractivity contribution in [3.63, 3.8) is 0 Å². The second kappa shape index (κ2) is 5.79. The van der Waals surface area contributed by atoms with Gasteiger partial charge in [0.25, 0.3) is 0 Å². The van der Waals surface area contributed by atoms with Crippen LogP contribution in [-0.2, 0) is 10.0 Å². The second-order valence-corrected chi connectivity index (χ2v) is 6.56. The number of ether oxygens (including phenoxy) is 1. The molecule has 1 unspecified atom stereocenters. The quantitative estimate of drug-likeness (QED) is 0.883. The lowest BCUT2D eigenvalue weighted by molar-refractivity contribution is 0.189. The van der Waals surface area contributed by atoms with E-state index in [1.54, 1.807) is 0 Å². The van der Waals surface area contributed by atoms with E-state index >= 15 is 0 Å². The summed E-state index contributed by atoms with van der Waals surface area (Å²) in [4.78, 5) is 2.17. The van der Waals surface area contributed by atoms with Crippen LogP contribution in [0.2, 0.25) is 0 Å². The Kier molecular flexibility index (Phi) is 4.31. The standard InChI is InChI=1S/C13H20N2O3S/c1-3-11-10-15(9-8-14-19(2,16)17)12-6-4-5-7-13(12)18-11/h4-7,11,14H,3,8-10H2,1-2H3. The van der Waals surface area contributed by atoms with Gasteiger partial charge >= 0.3 is 0 Å². The molecular weight excluding hydrogens is 264 g/mol. The summed E-state index contributed by atoms with van der Waals surface area (Å²) in [7, 11) is -3.13. The first kappa shape index (κ1) is 14.1. The second-order valence-electron chi connectivity index (χ2n) is 4.73. The Labute approximate surface area is 114 Å². The summed E-state index contributed by atoms with van der Waals surface area (Å²) in [5.74, 6) is 0.875. The number of hydrogen-bond acceptors (Lipinski definition) is 4. The number of nitrogens with zero attached hydrogens (tertiary/aromatic N) is 1. The highest BCUT2D eigenvalue weighted by atomic mass is 32.2. The predicted molar refractivity (Wildman–Crippen MR) is 76.2 cm³/mol. The van der Waals surface area contributed by atoms with E-state index in [1.807, 2.05) is 24.3 Å². The molecule has 0 radical (unpaired) electrons. The average Bonchev–Trinajstić information content (AvgIpc) is 2.37. The minimum atomic E-state index is -3.13. The van der Waals surface area contributed by atoms with Crippen LogP contribution in [0.4, 0.5) is 5.69 Å². The van der Waals surface area contributed by atoms with E-state index in [1.165, 1.54) is 6.26 Å². The van der Waals surface area contributed by atoms with Crippen LogP contribution in [-0.4, -0.2) is 40.4 Å².